The van der Waals surface area contributed by atoms with Gasteiger partial charge in [-0.05, 0) is 31.1 Å². The van der Waals surface area contributed by atoms with Gasteiger partial charge < -0.3 is 10.2 Å². The van der Waals surface area contributed by atoms with Crippen LogP contribution in [0.1, 0.15) is 51.4 Å². The molecule has 0 bridgehead atoms. The van der Waals surface area contributed by atoms with Crippen LogP contribution in [-0.2, 0) is 0 Å². The Bertz CT molecular complexity index is 585. The van der Waals surface area contributed by atoms with E-state index < -0.39 is 0 Å². The molecule has 124 valence electrons. The molecule has 0 saturated heterocycles. The highest BCUT2D eigenvalue weighted by Crippen LogP contribution is 2.41. The molecule has 2 saturated carbocycles. The Morgan fingerprint density at radius 1 is 1.09 bits per heavy atom. The van der Waals surface area contributed by atoms with Crippen LogP contribution >= 0.6 is 23.5 Å². The van der Waals surface area contributed by atoms with Gasteiger partial charge in [0.25, 0.3) is 0 Å². The summed E-state index contributed by atoms with van der Waals surface area (Å²) in [5.74, 6) is 1.03. The van der Waals surface area contributed by atoms with Gasteiger partial charge in [-0.25, -0.2) is 0 Å². The molecule has 2 aliphatic carbocycles. The third kappa shape index (κ3) is 2.62. The summed E-state index contributed by atoms with van der Waals surface area (Å²) >= 11 is 3.73. The number of nitrogens with one attached hydrogen (secondary N) is 1. The second-order valence-corrected chi connectivity index (χ2v) is 9.05. The van der Waals surface area contributed by atoms with Crippen LogP contribution < -0.4 is 5.32 Å². The zero-order chi connectivity index (χ0) is 15.2. The predicted octanol–water partition coefficient (Wildman–Crippen LogP) is 3.56. The topological polar surface area (TPSA) is 40.0 Å². The van der Waals surface area contributed by atoms with Crippen molar-refractivity contribution in [1.29, 1.82) is 0 Å². The maximum Gasteiger partial charge on any atom is 0.168 e. The van der Waals surface area contributed by atoms with Gasteiger partial charge in [-0.15, -0.1) is 0 Å². The van der Waals surface area contributed by atoms with E-state index in [2.05, 4.69) is 15.6 Å². The fourth-order valence-electron chi connectivity index (χ4n) is 4.60. The van der Waals surface area contributed by atoms with Crippen molar-refractivity contribution in [1.82, 2.24) is 10.2 Å². The number of amidine groups is 2. The molecule has 0 aromatic rings. The van der Waals surface area contributed by atoms with Crippen molar-refractivity contribution in [3.05, 3.63) is 11.1 Å². The fourth-order valence-corrected chi connectivity index (χ4v) is 6.65. The van der Waals surface area contributed by atoms with Crippen molar-refractivity contribution in [2.75, 3.05) is 5.75 Å². The van der Waals surface area contributed by atoms with Crippen LogP contribution in [0.5, 0.6) is 0 Å². The summed E-state index contributed by atoms with van der Waals surface area (Å²) in [7, 11) is 0. The van der Waals surface area contributed by atoms with E-state index in [9.17, 15) is 0 Å². The number of thioether (sulfide) groups is 2. The maximum atomic E-state index is 4.96. The van der Waals surface area contributed by atoms with Crippen molar-refractivity contribution in [2.45, 2.75) is 75.5 Å². The molecular formula is C17H24N4S2. The lowest BCUT2D eigenvalue weighted by molar-refractivity contribution is 0.285. The third-order valence-corrected chi connectivity index (χ3v) is 7.64. The van der Waals surface area contributed by atoms with Gasteiger partial charge in [0, 0.05) is 11.4 Å². The standard InChI is InChI=1S/C17H24N4S2/c1-2-6-13-12(5-1)18-16(19-13)22-9-11-10-23-17-20-14-7-3-4-8-15(14)21(11)17/h10,12-15H,1-9H2,(H,18,19)/t12-,13-,14-,15-/m1/s1. The first kappa shape index (κ1) is 14.7. The van der Waals surface area contributed by atoms with Crippen LogP contribution in [0, 0.1) is 0 Å². The summed E-state index contributed by atoms with van der Waals surface area (Å²) < 4.78 is 0. The minimum Gasteiger partial charge on any atom is -0.360 e. The van der Waals surface area contributed by atoms with Gasteiger partial charge in [0.05, 0.1) is 24.2 Å². The lowest BCUT2D eigenvalue weighted by Crippen LogP contribution is -2.39. The van der Waals surface area contributed by atoms with Crippen LogP contribution in [0.2, 0.25) is 0 Å². The molecule has 23 heavy (non-hydrogen) atoms. The van der Waals surface area contributed by atoms with E-state index in [0.29, 0.717) is 24.2 Å². The van der Waals surface area contributed by atoms with Gasteiger partial charge in [-0.1, -0.05) is 49.2 Å². The van der Waals surface area contributed by atoms with E-state index in [0.717, 1.165) is 5.75 Å². The Morgan fingerprint density at radius 3 is 2.83 bits per heavy atom. The number of aliphatic imine (C=N–C) groups is 2. The largest absolute Gasteiger partial charge is 0.360 e. The Morgan fingerprint density at radius 2 is 1.91 bits per heavy atom. The maximum absolute atomic E-state index is 4.96. The Kier molecular flexibility index (Phi) is 3.85. The monoisotopic (exact) mass is 348 g/mol. The molecule has 0 unspecified atom stereocenters. The van der Waals surface area contributed by atoms with Crippen LogP contribution in [-0.4, -0.2) is 45.2 Å². The normalized spacial score (nSPS) is 38.3. The molecule has 3 heterocycles. The molecule has 5 rings (SSSR count). The second kappa shape index (κ2) is 6.03. The van der Waals surface area contributed by atoms with E-state index in [1.54, 1.807) is 0 Å². The molecule has 2 fully saturated rings. The number of rotatable bonds is 2. The predicted molar refractivity (Wildman–Crippen MR) is 100 cm³/mol. The van der Waals surface area contributed by atoms with Crippen molar-refractivity contribution in [3.8, 4) is 0 Å². The first-order valence-corrected chi connectivity index (χ1v) is 10.9. The summed E-state index contributed by atoms with van der Waals surface area (Å²) in [6.45, 7) is 0. The molecule has 0 aromatic heterocycles. The van der Waals surface area contributed by atoms with Crippen LogP contribution in [0.25, 0.3) is 0 Å². The molecule has 3 aliphatic heterocycles. The minimum atomic E-state index is 0.546. The van der Waals surface area contributed by atoms with E-state index in [-0.39, 0.29) is 0 Å². The molecule has 0 amide bonds. The summed E-state index contributed by atoms with van der Waals surface area (Å²) in [6.07, 6.45) is 10.6. The lowest BCUT2D eigenvalue weighted by atomic mass is 9.91. The average Bonchev–Trinajstić information content (AvgIpc) is 3.25. The Hall–Kier alpha value is -0.620. The quantitative estimate of drug-likeness (QED) is 0.828. The molecule has 0 aromatic carbocycles. The van der Waals surface area contributed by atoms with E-state index in [1.165, 1.54) is 67.4 Å². The first-order valence-electron chi connectivity index (χ1n) is 9.08. The molecule has 4 nitrogen and oxygen atoms in total. The number of fused-ring (bicyclic) bond motifs is 4. The molecule has 6 heteroatoms. The fraction of sp³-hybridized carbons (Fsp3) is 0.765. The van der Waals surface area contributed by atoms with Crippen LogP contribution in [0.4, 0.5) is 0 Å². The number of hydrogen-bond donors (Lipinski definition) is 1. The zero-order valence-corrected chi connectivity index (χ0v) is 15.0. The van der Waals surface area contributed by atoms with Crippen molar-refractivity contribution >= 4 is 33.9 Å². The Labute approximate surface area is 146 Å². The zero-order valence-electron chi connectivity index (χ0n) is 13.4. The SMILES string of the molecule is C1=C(CSC2=N[C@@H]3CCCC[C@H]3N2)N2C(=N[C@@H]3CCCC[C@H]32)S1. The van der Waals surface area contributed by atoms with Gasteiger partial charge in [-0.3, -0.25) is 9.98 Å². The summed E-state index contributed by atoms with van der Waals surface area (Å²) in [5.41, 5.74) is 1.45. The van der Waals surface area contributed by atoms with Crippen molar-refractivity contribution in [2.24, 2.45) is 9.98 Å². The van der Waals surface area contributed by atoms with E-state index in [4.69, 9.17) is 9.98 Å². The van der Waals surface area contributed by atoms with E-state index in [1.807, 2.05) is 23.5 Å². The van der Waals surface area contributed by atoms with Crippen molar-refractivity contribution < 1.29 is 0 Å². The molecular weight excluding hydrogens is 324 g/mol. The first-order chi connectivity index (χ1) is 11.4. The van der Waals surface area contributed by atoms with Gasteiger partial charge in [0.2, 0.25) is 0 Å². The highest BCUT2D eigenvalue weighted by atomic mass is 32.2. The van der Waals surface area contributed by atoms with Gasteiger partial charge in [0.15, 0.2) is 10.3 Å². The average molecular weight is 349 g/mol. The summed E-state index contributed by atoms with van der Waals surface area (Å²) in [6, 6.07) is 2.36. The second-order valence-electron chi connectivity index (χ2n) is 7.25. The Balaban J connectivity index is 1.23. The van der Waals surface area contributed by atoms with Crippen LogP contribution in [0.3, 0.4) is 0 Å². The van der Waals surface area contributed by atoms with E-state index >= 15 is 0 Å². The minimum absolute atomic E-state index is 0.546. The van der Waals surface area contributed by atoms with Crippen molar-refractivity contribution in [3.63, 3.8) is 0 Å². The van der Waals surface area contributed by atoms with Gasteiger partial charge in [0.1, 0.15) is 0 Å². The summed E-state index contributed by atoms with van der Waals surface area (Å²) in [4.78, 5) is 12.4. The van der Waals surface area contributed by atoms with Gasteiger partial charge in [-0.2, -0.15) is 0 Å². The molecule has 0 radical (unpaired) electrons. The highest BCUT2D eigenvalue weighted by molar-refractivity contribution is 8.17. The smallest absolute Gasteiger partial charge is 0.168 e. The number of hydrogen-bond acceptors (Lipinski definition) is 6. The molecule has 0 spiro atoms. The van der Waals surface area contributed by atoms with Gasteiger partial charge >= 0.3 is 0 Å². The molecule has 5 aliphatic rings. The lowest BCUT2D eigenvalue weighted by Gasteiger charge is -2.31. The number of nitrogens with zero attached hydrogens (tertiary/aromatic N) is 3. The summed E-state index contributed by atoms with van der Waals surface area (Å²) in [5, 5.41) is 8.42. The molecule has 4 atom stereocenters. The third-order valence-electron chi connectivity index (χ3n) is 5.80. The van der Waals surface area contributed by atoms with Crippen LogP contribution in [0.15, 0.2) is 21.1 Å². The highest BCUT2D eigenvalue weighted by Gasteiger charge is 2.41. The molecule has 1 N–H and O–H groups in total.